The quantitative estimate of drug-likeness (QED) is 0.779. The summed E-state index contributed by atoms with van der Waals surface area (Å²) in [5, 5.41) is 18.8. The van der Waals surface area contributed by atoms with Crippen molar-refractivity contribution in [3.8, 4) is 0 Å². The number of amides is 1. The Morgan fingerprint density at radius 2 is 2.10 bits per heavy atom. The van der Waals surface area contributed by atoms with Crippen molar-refractivity contribution in [3.63, 3.8) is 0 Å². The van der Waals surface area contributed by atoms with E-state index in [2.05, 4.69) is 15.5 Å². The Labute approximate surface area is 118 Å². The topological polar surface area (TPSA) is 78.0 Å². The van der Waals surface area contributed by atoms with E-state index in [1.165, 1.54) is 0 Å². The van der Waals surface area contributed by atoms with E-state index < -0.39 is 0 Å². The first-order valence-electron chi connectivity index (χ1n) is 6.62. The average Bonchev–Trinajstić information content (AvgIpc) is 2.95. The number of benzene rings is 1. The first-order chi connectivity index (χ1) is 9.60. The minimum absolute atomic E-state index is 0.00109. The van der Waals surface area contributed by atoms with Gasteiger partial charge in [0.2, 0.25) is 0 Å². The molecule has 2 rings (SSSR count). The van der Waals surface area contributed by atoms with Crippen LogP contribution >= 0.6 is 0 Å². The Hall–Kier alpha value is -2.14. The van der Waals surface area contributed by atoms with Crippen LogP contribution in [0, 0.1) is 0 Å². The van der Waals surface area contributed by atoms with Crippen LogP contribution in [0.4, 0.5) is 0 Å². The molecule has 0 spiro atoms. The van der Waals surface area contributed by atoms with E-state index in [0.29, 0.717) is 18.2 Å². The van der Waals surface area contributed by atoms with Gasteiger partial charge in [0, 0.05) is 12.2 Å². The molecule has 1 amide bonds. The minimum Gasteiger partial charge on any atom is -0.392 e. The highest BCUT2D eigenvalue weighted by molar-refractivity contribution is 5.92. The van der Waals surface area contributed by atoms with E-state index in [4.69, 9.17) is 5.11 Å². The standard InChI is InChI=1S/C15H19N3O2/c1-10(2)13-7-14(18-17-13)15(20)16-8-11-4-3-5-12(6-11)9-19/h3-7,10,19H,8-9H2,1-2H3,(H,16,20)(H,17,18). The second-order valence-corrected chi connectivity index (χ2v) is 5.02. The van der Waals surface area contributed by atoms with Gasteiger partial charge in [0.1, 0.15) is 5.69 Å². The summed E-state index contributed by atoms with van der Waals surface area (Å²) in [7, 11) is 0. The van der Waals surface area contributed by atoms with Gasteiger partial charge < -0.3 is 10.4 Å². The fraction of sp³-hybridized carbons (Fsp3) is 0.333. The van der Waals surface area contributed by atoms with Crippen LogP contribution in [-0.2, 0) is 13.2 Å². The van der Waals surface area contributed by atoms with E-state index in [0.717, 1.165) is 16.8 Å². The molecular formula is C15H19N3O2. The molecule has 1 aromatic carbocycles. The smallest absolute Gasteiger partial charge is 0.272 e. The van der Waals surface area contributed by atoms with Gasteiger partial charge in [0.15, 0.2) is 0 Å². The van der Waals surface area contributed by atoms with Gasteiger partial charge in [0.25, 0.3) is 5.91 Å². The molecule has 0 saturated heterocycles. The number of aliphatic hydroxyl groups excluding tert-OH is 1. The van der Waals surface area contributed by atoms with Crippen LogP contribution in [0.2, 0.25) is 0 Å². The number of H-pyrrole nitrogens is 1. The van der Waals surface area contributed by atoms with Crippen LogP contribution in [0.1, 0.15) is 47.1 Å². The highest BCUT2D eigenvalue weighted by Crippen LogP contribution is 2.12. The van der Waals surface area contributed by atoms with Crippen molar-refractivity contribution in [2.45, 2.75) is 32.9 Å². The molecule has 0 bridgehead atoms. The fourth-order valence-corrected chi connectivity index (χ4v) is 1.86. The van der Waals surface area contributed by atoms with E-state index in [1.54, 1.807) is 6.07 Å². The molecule has 3 N–H and O–H groups in total. The molecule has 0 fully saturated rings. The number of hydrogen-bond acceptors (Lipinski definition) is 3. The van der Waals surface area contributed by atoms with E-state index in [-0.39, 0.29) is 12.5 Å². The number of aromatic nitrogens is 2. The molecule has 2 aromatic rings. The molecule has 0 unspecified atom stereocenters. The molecule has 1 aromatic heterocycles. The zero-order chi connectivity index (χ0) is 14.5. The highest BCUT2D eigenvalue weighted by atomic mass is 16.3. The lowest BCUT2D eigenvalue weighted by Crippen LogP contribution is -2.23. The van der Waals surface area contributed by atoms with Crippen LogP contribution in [0.15, 0.2) is 30.3 Å². The van der Waals surface area contributed by atoms with Gasteiger partial charge >= 0.3 is 0 Å². The van der Waals surface area contributed by atoms with Crippen molar-refractivity contribution in [2.75, 3.05) is 0 Å². The third kappa shape index (κ3) is 3.45. The largest absolute Gasteiger partial charge is 0.392 e. The first-order valence-corrected chi connectivity index (χ1v) is 6.62. The minimum atomic E-state index is -0.206. The summed E-state index contributed by atoms with van der Waals surface area (Å²) in [6.07, 6.45) is 0. The molecule has 106 valence electrons. The van der Waals surface area contributed by atoms with Gasteiger partial charge in [-0.25, -0.2) is 0 Å². The van der Waals surface area contributed by atoms with Gasteiger partial charge in [-0.2, -0.15) is 5.10 Å². The van der Waals surface area contributed by atoms with Gasteiger partial charge in [-0.05, 0) is 23.1 Å². The first kappa shape index (κ1) is 14.3. The monoisotopic (exact) mass is 273 g/mol. The predicted octanol–water partition coefficient (Wildman–Crippen LogP) is 1.96. The van der Waals surface area contributed by atoms with Gasteiger partial charge in [-0.1, -0.05) is 38.1 Å². The van der Waals surface area contributed by atoms with E-state index >= 15 is 0 Å². The molecule has 0 saturated carbocycles. The molecule has 0 atom stereocenters. The number of hydrogen-bond donors (Lipinski definition) is 3. The Morgan fingerprint density at radius 3 is 2.75 bits per heavy atom. The van der Waals surface area contributed by atoms with Crippen molar-refractivity contribution in [1.29, 1.82) is 0 Å². The molecule has 0 aliphatic rings. The third-order valence-electron chi connectivity index (χ3n) is 3.08. The summed E-state index contributed by atoms with van der Waals surface area (Å²) in [6.45, 7) is 4.49. The van der Waals surface area contributed by atoms with Crippen LogP contribution in [0.3, 0.4) is 0 Å². The predicted molar refractivity (Wildman–Crippen MR) is 76.2 cm³/mol. The Kier molecular flexibility index (Phi) is 4.53. The van der Waals surface area contributed by atoms with E-state index in [9.17, 15) is 4.79 Å². The maximum Gasteiger partial charge on any atom is 0.272 e. The maximum atomic E-state index is 12.0. The molecule has 0 radical (unpaired) electrons. The lowest BCUT2D eigenvalue weighted by atomic mass is 10.1. The summed E-state index contributed by atoms with van der Waals surface area (Å²) in [6, 6.07) is 9.24. The molecule has 5 heteroatoms. The van der Waals surface area contributed by atoms with Crippen molar-refractivity contribution < 1.29 is 9.90 Å². The molecular weight excluding hydrogens is 254 g/mol. The number of nitrogens with zero attached hydrogens (tertiary/aromatic N) is 1. The van der Waals surface area contributed by atoms with Crippen molar-refractivity contribution in [3.05, 3.63) is 52.8 Å². The highest BCUT2D eigenvalue weighted by Gasteiger charge is 2.11. The number of aliphatic hydroxyl groups is 1. The number of rotatable bonds is 5. The Morgan fingerprint density at radius 1 is 1.35 bits per heavy atom. The summed E-state index contributed by atoms with van der Waals surface area (Å²) in [4.78, 5) is 12.0. The molecule has 0 aliphatic carbocycles. The van der Waals surface area contributed by atoms with E-state index in [1.807, 2.05) is 38.1 Å². The summed E-state index contributed by atoms with van der Waals surface area (Å²) >= 11 is 0. The second-order valence-electron chi connectivity index (χ2n) is 5.02. The zero-order valence-corrected chi connectivity index (χ0v) is 11.7. The van der Waals surface area contributed by atoms with Crippen LogP contribution in [0.5, 0.6) is 0 Å². The zero-order valence-electron chi connectivity index (χ0n) is 11.7. The molecule has 0 aliphatic heterocycles. The maximum absolute atomic E-state index is 12.0. The molecule has 5 nitrogen and oxygen atoms in total. The molecule has 20 heavy (non-hydrogen) atoms. The lowest BCUT2D eigenvalue weighted by Gasteiger charge is -2.05. The van der Waals surface area contributed by atoms with Gasteiger partial charge in [-0.15, -0.1) is 0 Å². The molecule has 1 heterocycles. The fourth-order valence-electron chi connectivity index (χ4n) is 1.86. The second kappa shape index (κ2) is 6.34. The SMILES string of the molecule is CC(C)c1cc(C(=O)NCc2cccc(CO)c2)n[nH]1. The third-order valence-corrected chi connectivity index (χ3v) is 3.08. The van der Waals surface area contributed by atoms with Crippen LogP contribution in [-0.4, -0.2) is 21.2 Å². The number of carbonyl (C=O) groups is 1. The van der Waals surface area contributed by atoms with Crippen LogP contribution < -0.4 is 5.32 Å². The normalized spacial score (nSPS) is 10.8. The summed E-state index contributed by atoms with van der Waals surface area (Å²) in [5.41, 5.74) is 3.12. The Bertz CT molecular complexity index is 590. The summed E-state index contributed by atoms with van der Waals surface area (Å²) in [5.74, 6) is 0.104. The van der Waals surface area contributed by atoms with Crippen molar-refractivity contribution in [1.82, 2.24) is 15.5 Å². The Balaban J connectivity index is 1.97. The van der Waals surface area contributed by atoms with Gasteiger partial charge in [-0.3, -0.25) is 9.89 Å². The number of aromatic amines is 1. The lowest BCUT2D eigenvalue weighted by molar-refractivity contribution is 0.0946. The number of carbonyl (C=O) groups excluding carboxylic acids is 1. The number of nitrogens with one attached hydrogen (secondary N) is 2. The van der Waals surface area contributed by atoms with Gasteiger partial charge in [0.05, 0.1) is 6.61 Å². The van der Waals surface area contributed by atoms with Crippen LogP contribution in [0.25, 0.3) is 0 Å². The van der Waals surface area contributed by atoms with Crippen molar-refractivity contribution >= 4 is 5.91 Å². The van der Waals surface area contributed by atoms with Crippen molar-refractivity contribution in [2.24, 2.45) is 0 Å². The summed E-state index contributed by atoms with van der Waals surface area (Å²) < 4.78 is 0. The average molecular weight is 273 g/mol.